The van der Waals surface area contributed by atoms with Gasteiger partial charge in [-0.05, 0) is 60.2 Å². The highest BCUT2D eigenvalue weighted by atomic mass is 35.5. The molecule has 0 saturated carbocycles. The Labute approximate surface area is 160 Å². The van der Waals surface area contributed by atoms with Crippen molar-refractivity contribution in [3.63, 3.8) is 0 Å². The molecule has 0 spiro atoms. The van der Waals surface area contributed by atoms with Crippen LogP contribution in [0.3, 0.4) is 0 Å². The van der Waals surface area contributed by atoms with Gasteiger partial charge in [0, 0.05) is 10.9 Å². The SMILES string of the molecule is O=C(Cc1coc2cc3c(cc12)CCC3)OCc1cc(Cl)c2c(c1)OCO2. The van der Waals surface area contributed by atoms with Crippen LogP contribution in [0.2, 0.25) is 5.02 Å². The minimum Gasteiger partial charge on any atom is -0.464 e. The number of ether oxygens (including phenoxy) is 3. The van der Waals surface area contributed by atoms with Crippen LogP contribution in [0.15, 0.2) is 34.9 Å². The summed E-state index contributed by atoms with van der Waals surface area (Å²) in [5, 5.41) is 1.45. The van der Waals surface area contributed by atoms with Crippen LogP contribution in [-0.2, 0) is 35.4 Å². The van der Waals surface area contributed by atoms with Crippen molar-refractivity contribution < 1.29 is 23.4 Å². The molecular weight excluding hydrogens is 368 g/mol. The summed E-state index contributed by atoms with van der Waals surface area (Å²) >= 11 is 6.16. The Morgan fingerprint density at radius 3 is 2.85 bits per heavy atom. The quantitative estimate of drug-likeness (QED) is 0.616. The van der Waals surface area contributed by atoms with E-state index in [4.69, 9.17) is 30.2 Å². The van der Waals surface area contributed by atoms with E-state index in [1.807, 2.05) is 0 Å². The van der Waals surface area contributed by atoms with Crippen molar-refractivity contribution in [2.75, 3.05) is 6.79 Å². The van der Waals surface area contributed by atoms with Gasteiger partial charge in [-0.1, -0.05) is 11.6 Å². The number of esters is 1. The van der Waals surface area contributed by atoms with E-state index in [1.54, 1.807) is 18.4 Å². The zero-order valence-electron chi connectivity index (χ0n) is 14.5. The van der Waals surface area contributed by atoms with Crippen LogP contribution < -0.4 is 9.47 Å². The molecular formula is C21H17ClO5. The number of fused-ring (bicyclic) bond motifs is 3. The molecule has 0 unspecified atom stereocenters. The van der Waals surface area contributed by atoms with Crippen LogP contribution in [0.4, 0.5) is 0 Å². The van der Waals surface area contributed by atoms with Crippen LogP contribution in [0.25, 0.3) is 11.0 Å². The average Bonchev–Trinajstić information content (AvgIpc) is 3.38. The Balaban J connectivity index is 1.29. The van der Waals surface area contributed by atoms with Crippen LogP contribution in [0.5, 0.6) is 11.5 Å². The molecule has 138 valence electrons. The summed E-state index contributed by atoms with van der Waals surface area (Å²) in [7, 11) is 0. The Bertz CT molecular complexity index is 1050. The molecule has 0 N–H and O–H groups in total. The highest BCUT2D eigenvalue weighted by molar-refractivity contribution is 6.32. The number of rotatable bonds is 4. The predicted molar refractivity (Wildman–Crippen MR) is 99.3 cm³/mol. The summed E-state index contributed by atoms with van der Waals surface area (Å²) in [6.45, 7) is 0.274. The number of aryl methyl sites for hydroxylation is 2. The minimum absolute atomic E-state index is 0.125. The summed E-state index contributed by atoms with van der Waals surface area (Å²) in [5.41, 5.74) is 5.15. The standard InChI is InChI=1S/C21H17ClO5/c22-17-4-12(5-19-21(17)27-11-26-19)9-25-20(23)8-15-10-24-18-7-14-3-1-2-13(14)6-16(15)18/h4-7,10H,1-3,8-9,11H2. The molecule has 0 atom stereocenters. The lowest BCUT2D eigenvalue weighted by molar-refractivity contribution is -0.144. The first-order valence-electron chi connectivity index (χ1n) is 8.93. The number of carbonyl (C=O) groups is 1. The molecule has 2 aromatic carbocycles. The molecule has 3 aromatic rings. The van der Waals surface area contributed by atoms with E-state index in [9.17, 15) is 4.79 Å². The van der Waals surface area contributed by atoms with E-state index in [2.05, 4.69) is 12.1 Å². The number of hydrogen-bond donors (Lipinski definition) is 0. The normalized spacial score (nSPS) is 14.6. The lowest BCUT2D eigenvalue weighted by Crippen LogP contribution is -2.07. The molecule has 6 heteroatoms. The lowest BCUT2D eigenvalue weighted by atomic mass is 10.0. The third kappa shape index (κ3) is 3.02. The third-order valence-electron chi connectivity index (χ3n) is 5.09. The molecule has 5 rings (SSSR count). The number of furan rings is 1. The van der Waals surface area contributed by atoms with Crippen molar-refractivity contribution in [1.82, 2.24) is 0 Å². The Morgan fingerprint density at radius 1 is 1.11 bits per heavy atom. The number of benzene rings is 2. The van der Waals surface area contributed by atoms with Gasteiger partial charge >= 0.3 is 5.97 Å². The molecule has 0 radical (unpaired) electrons. The molecule has 27 heavy (non-hydrogen) atoms. The van der Waals surface area contributed by atoms with Crippen LogP contribution in [0.1, 0.15) is 28.7 Å². The maximum absolute atomic E-state index is 12.3. The van der Waals surface area contributed by atoms with E-state index in [0.717, 1.165) is 34.9 Å². The first-order chi connectivity index (χ1) is 13.2. The summed E-state index contributed by atoms with van der Waals surface area (Å²) in [4.78, 5) is 12.3. The van der Waals surface area contributed by atoms with Gasteiger partial charge in [-0.2, -0.15) is 0 Å². The third-order valence-corrected chi connectivity index (χ3v) is 5.37. The van der Waals surface area contributed by atoms with E-state index in [1.165, 1.54) is 17.5 Å². The Hall–Kier alpha value is -2.66. The molecule has 5 nitrogen and oxygen atoms in total. The zero-order chi connectivity index (χ0) is 18.4. The lowest BCUT2D eigenvalue weighted by Gasteiger charge is -2.07. The van der Waals surface area contributed by atoms with Gasteiger partial charge in [-0.15, -0.1) is 0 Å². The number of carbonyl (C=O) groups excluding carboxylic acids is 1. The molecule has 1 aliphatic heterocycles. The molecule has 0 saturated heterocycles. The first-order valence-corrected chi connectivity index (χ1v) is 9.31. The van der Waals surface area contributed by atoms with Crippen LogP contribution in [-0.4, -0.2) is 12.8 Å². The second kappa shape index (κ2) is 6.50. The second-order valence-corrected chi connectivity index (χ2v) is 7.29. The van der Waals surface area contributed by atoms with Gasteiger partial charge in [-0.25, -0.2) is 0 Å². The van der Waals surface area contributed by atoms with Gasteiger partial charge in [0.1, 0.15) is 12.2 Å². The molecule has 2 heterocycles. The van der Waals surface area contributed by atoms with Gasteiger partial charge < -0.3 is 18.6 Å². The van der Waals surface area contributed by atoms with Crippen molar-refractivity contribution in [2.45, 2.75) is 32.3 Å². The van der Waals surface area contributed by atoms with Gasteiger partial charge in [0.25, 0.3) is 0 Å². The summed E-state index contributed by atoms with van der Waals surface area (Å²) in [6, 6.07) is 7.75. The van der Waals surface area contributed by atoms with Gasteiger partial charge in [0.15, 0.2) is 11.5 Å². The van der Waals surface area contributed by atoms with Crippen molar-refractivity contribution in [3.8, 4) is 11.5 Å². The highest BCUT2D eigenvalue weighted by Gasteiger charge is 2.20. The minimum atomic E-state index is -0.313. The Morgan fingerprint density at radius 2 is 1.96 bits per heavy atom. The monoisotopic (exact) mass is 384 g/mol. The fourth-order valence-corrected chi connectivity index (χ4v) is 4.05. The fraction of sp³-hybridized carbons (Fsp3) is 0.286. The Kier molecular flexibility index (Phi) is 3.97. The second-order valence-electron chi connectivity index (χ2n) is 6.88. The first kappa shape index (κ1) is 16.5. The van der Waals surface area contributed by atoms with E-state index >= 15 is 0 Å². The molecule has 0 fully saturated rings. The summed E-state index contributed by atoms with van der Waals surface area (Å²) < 4.78 is 21.7. The summed E-state index contributed by atoms with van der Waals surface area (Å²) in [5.74, 6) is 0.791. The van der Waals surface area contributed by atoms with Crippen molar-refractivity contribution in [2.24, 2.45) is 0 Å². The van der Waals surface area contributed by atoms with E-state index in [0.29, 0.717) is 16.5 Å². The maximum atomic E-state index is 12.3. The predicted octanol–water partition coefficient (Wildman–Crippen LogP) is 4.59. The molecule has 0 amide bonds. The fourth-order valence-electron chi connectivity index (χ4n) is 3.76. The van der Waals surface area contributed by atoms with Gasteiger partial charge in [-0.3, -0.25) is 4.79 Å². The molecule has 1 aromatic heterocycles. The number of hydrogen-bond acceptors (Lipinski definition) is 5. The molecule has 1 aliphatic carbocycles. The van der Waals surface area contributed by atoms with E-state index in [-0.39, 0.29) is 25.8 Å². The maximum Gasteiger partial charge on any atom is 0.310 e. The van der Waals surface area contributed by atoms with Crippen molar-refractivity contribution >= 4 is 28.5 Å². The van der Waals surface area contributed by atoms with Crippen molar-refractivity contribution in [3.05, 3.63) is 57.8 Å². The van der Waals surface area contributed by atoms with Crippen molar-refractivity contribution in [1.29, 1.82) is 0 Å². The van der Waals surface area contributed by atoms with Crippen LogP contribution in [0, 0.1) is 0 Å². The average molecular weight is 385 g/mol. The molecule has 0 bridgehead atoms. The largest absolute Gasteiger partial charge is 0.464 e. The van der Waals surface area contributed by atoms with Gasteiger partial charge in [0.2, 0.25) is 6.79 Å². The van der Waals surface area contributed by atoms with Crippen LogP contribution >= 0.6 is 11.6 Å². The molecule has 2 aliphatic rings. The smallest absolute Gasteiger partial charge is 0.310 e. The van der Waals surface area contributed by atoms with E-state index < -0.39 is 0 Å². The number of halogens is 1. The zero-order valence-corrected chi connectivity index (χ0v) is 15.3. The topological polar surface area (TPSA) is 57.9 Å². The summed E-state index contributed by atoms with van der Waals surface area (Å²) in [6.07, 6.45) is 5.19. The van der Waals surface area contributed by atoms with Gasteiger partial charge in [0.05, 0.1) is 17.7 Å². The highest BCUT2D eigenvalue weighted by Crippen LogP contribution is 2.40.